The summed E-state index contributed by atoms with van der Waals surface area (Å²) in [5, 5.41) is 15.7. The van der Waals surface area contributed by atoms with Gasteiger partial charge in [0.15, 0.2) is 6.04 Å². The van der Waals surface area contributed by atoms with E-state index in [-0.39, 0.29) is 11.7 Å². The molecule has 0 saturated carbocycles. The summed E-state index contributed by atoms with van der Waals surface area (Å²) in [6.45, 7) is 1.95. The zero-order chi connectivity index (χ0) is 22.7. The molecule has 4 aromatic rings. The van der Waals surface area contributed by atoms with Crippen molar-refractivity contribution < 1.29 is 9.59 Å². The van der Waals surface area contributed by atoms with E-state index in [1.165, 1.54) is 4.80 Å². The van der Waals surface area contributed by atoms with Crippen LogP contribution in [0.4, 0.5) is 5.69 Å². The van der Waals surface area contributed by atoms with Crippen LogP contribution >= 0.6 is 11.6 Å². The van der Waals surface area contributed by atoms with Crippen LogP contribution in [0.1, 0.15) is 27.5 Å². The van der Waals surface area contributed by atoms with Crippen molar-refractivity contribution in [1.82, 2.24) is 20.2 Å². The van der Waals surface area contributed by atoms with Gasteiger partial charge in [-0.15, -0.1) is 15.0 Å². The van der Waals surface area contributed by atoms with Crippen LogP contribution in [-0.4, -0.2) is 32.0 Å². The highest BCUT2D eigenvalue weighted by Gasteiger charge is 2.24. The summed E-state index contributed by atoms with van der Waals surface area (Å²) < 4.78 is 0. The van der Waals surface area contributed by atoms with Crippen molar-refractivity contribution in [3.63, 3.8) is 0 Å². The number of benzene rings is 3. The molecule has 0 saturated heterocycles. The first kappa shape index (κ1) is 21.2. The quantitative estimate of drug-likeness (QED) is 0.469. The summed E-state index contributed by atoms with van der Waals surface area (Å²) >= 11 is 6.14. The average Bonchev–Trinajstić information content (AvgIpc) is 3.25. The smallest absolute Gasteiger partial charge is 0.257 e. The molecule has 160 valence electrons. The first-order valence-corrected chi connectivity index (χ1v) is 10.1. The van der Waals surface area contributed by atoms with Crippen LogP contribution < -0.4 is 11.1 Å². The number of para-hydroxylation sites is 1. The molecule has 4 rings (SSSR count). The zero-order valence-electron chi connectivity index (χ0n) is 17.1. The van der Waals surface area contributed by atoms with E-state index in [9.17, 15) is 9.59 Å². The van der Waals surface area contributed by atoms with Crippen LogP contribution in [0.3, 0.4) is 0 Å². The number of hydrogen-bond acceptors (Lipinski definition) is 5. The molecule has 1 unspecified atom stereocenters. The molecule has 0 spiro atoms. The van der Waals surface area contributed by atoms with Crippen molar-refractivity contribution >= 4 is 29.1 Å². The second-order valence-corrected chi connectivity index (χ2v) is 7.54. The predicted octanol–water partition coefficient (Wildman–Crippen LogP) is 3.63. The number of tetrazole rings is 1. The Kier molecular flexibility index (Phi) is 5.96. The fourth-order valence-corrected chi connectivity index (χ4v) is 3.45. The lowest BCUT2D eigenvalue weighted by Gasteiger charge is -2.12. The molecule has 0 fully saturated rings. The summed E-state index contributed by atoms with van der Waals surface area (Å²) in [5.41, 5.74) is 8.67. The molecule has 0 bridgehead atoms. The summed E-state index contributed by atoms with van der Waals surface area (Å²) in [4.78, 5) is 26.0. The fraction of sp³-hybridized carbons (Fsp3) is 0.0870. The minimum atomic E-state index is -0.915. The van der Waals surface area contributed by atoms with Crippen molar-refractivity contribution in [3.8, 4) is 11.4 Å². The number of nitrogens with two attached hydrogens (primary N) is 1. The maximum absolute atomic E-state index is 12.7. The molecule has 9 heteroatoms. The number of aromatic nitrogens is 4. The number of anilines is 1. The second-order valence-electron chi connectivity index (χ2n) is 7.13. The molecule has 8 nitrogen and oxygen atoms in total. The summed E-state index contributed by atoms with van der Waals surface area (Å²) in [6.07, 6.45) is 0. The molecular weight excluding hydrogens is 428 g/mol. The molecule has 0 aliphatic heterocycles. The highest BCUT2D eigenvalue weighted by molar-refractivity contribution is 6.34. The fourth-order valence-electron chi connectivity index (χ4n) is 3.22. The molecule has 32 heavy (non-hydrogen) atoms. The molecule has 1 aromatic heterocycles. The highest BCUT2D eigenvalue weighted by atomic mass is 35.5. The largest absolute Gasteiger partial charge is 0.367 e. The van der Waals surface area contributed by atoms with E-state index >= 15 is 0 Å². The molecule has 0 radical (unpaired) electrons. The lowest BCUT2D eigenvalue weighted by Crippen LogP contribution is -2.29. The van der Waals surface area contributed by atoms with Gasteiger partial charge in [-0.1, -0.05) is 65.7 Å². The lowest BCUT2D eigenvalue weighted by molar-refractivity contribution is -0.120. The van der Waals surface area contributed by atoms with Crippen molar-refractivity contribution in [2.45, 2.75) is 13.0 Å². The number of nitrogens with zero attached hydrogens (tertiary/aromatic N) is 4. The second kappa shape index (κ2) is 8.99. The first-order valence-electron chi connectivity index (χ1n) is 9.74. The van der Waals surface area contributed by atoms with Gasteiger partial charge in [0, 0.05) is 5.56 Å². The van der Waals surface area contributed by atoms with Crippen molar-refractivity contribution in [3.05, 3.63) is 94.5 Å². The Morgan fingerprint density at radius 2 is 1.69 bits per heavy atom. The minimum Gasteiger partial charge on any atom is -0.367 e. The molecule has 3 N–H and O–H groups in total. The van der Waals surface area contributed by atoms with Crippen LogP contribution in [0.25, 0.3) is 11.4 Å². The number of carbonyl (C=O) groups is 2. The number of carbonyl (C=O) groups excluding carboxylic acids is 2. The van der Waals surface area contributed by atoms with Gasteiger partial charge in [-0.2, -0.15) is 0 Å². The monoisotopic (exact) mass is 446 g/mol. The number of primary amides is 1. The van der Waals surface area contributed by atoms with Crippen molar-refractivity contribution in [2.75, 3.05) is 5.32 Å². The third-order valence-electron chi connectivity index (χ3n) is 4.86. The minimum absolute atomic E-state index is 0.235. The standard InChI is InChI=1S/C23H19ClN6O2/c1-14-10-12-15(13-11-14)20(21(25)31)30-28-22(27-29-30)17-7-3-5-9-19(17)26-23(32)16-6-2-4-8-18(16)24/h2-13,20H,1H3,(H2,25,31)(H,26,32). The molecule has 2 amide bonds. The number of aryl methyl sites for hydroxylation is 1. The highest BCUT2D eigenvalue weighted by Crippen LogP contribution is 2.27. The maximum atomic E-state index is 12.7. The Hall–Kier alpha value is -4.04. The number of halogens is 1. The Morgan fingerprint density at radius 1 is 1.00 bits per heavy atom. The van der Waals surface area contributed by atoms with Gasteiger partial charge in [0.1, 0.15) is 0 Å². The van der Waals surface area contributed by atoms with Gasteiger partial charge in [-0.3, -0.25) is 9.59 Å². The van der Waals surface area contributed by atoms with Gasteiger partial charge in [0.2, 0.25) is 11.7 Å². The summed E-state index contributed by atoms with van der Waals surface area (Å²) in [7, 11) is 0. The van der Waals surface area contributed by atoms with Gasteiger partial charge in [0.25, 0.3) is 5.91 Å². The molecular formula is C23H19ClN6O2. The van der Waals surface area contributed by atoms with E-state index in [0.29, 0.717) is 27.4 Å². The normalized spacial score (nSPS) is 11.7. The Balaban J connectivity index is 1.66. The zero-order valence-corrected chi connectivity index (χ0v) is 17.8. The van der Waals surface area contributed by atoms with Crippen LogP contribution in [0.2, 0.25) is 5.02 Å². The van der Waals surface area contributed by atoms with E-state index in [4.69, 9.17) is 17.3 Å². The van der Waals surface area contributed by atoms with Gasteiger partial charge < -0.3 is 11.1 Å². The van der Waals surface area contributed by atoms with Gasteiger partial charge in [0.05, 0.1) is 16.3 Å². The molecule has 3 aromatic carbocycles. The van der Waals surface area contributed by atoms with Gasteiger partial charge >= 0.3 is 0 Å². The van der Waals surface area contributed by atoms with Gasteiger partial charge in [-0.05, 0) is 42.0 Å². The number of hydrogen-bond donors (Lipinski definition) is 2. The topological polar surface area (TPSA) is 116 Å². The Morgan fingerprint density at radius 3 is 2.41 bits per heavy atom. The molecule has 1 heterocycles. The number of nitrogens with one attached hydrogen (secondary N) is 1. The van der Waals surface area contributed by atoms with E-state index in [1.807, 2.05) is 19.1 Å². The molecule has 0 aliphatic carbocycles. The lowest BCUT2D eigenvalue weighted by atomic mass is 10.1. The Bertz CT molecular complexity index is 1290. The SMILES string of the molecule is Cc1ccc(C(C(N)=O)n2nnc(-c3ccccc3NC(=O)c3ccccc3Cl)n2)cc1. The third-order valence-corrected chi connectivity index (χ3v) is 5.19. The molecule has 0 aliphatic rings. The van der Waals surface area contributed by atoms with Crippen molar-refractivity contribution in [1.29, 1.82) is 0 Å². The van der Waals surface area contributed by atoms with Crippen LogP contribution in [0, 0.1) is 6.92 Å². The maximum Gasteiger partial charge on any atom is 0.257 e. The van der Waals surface area contributed by atoms with Gasteiger partial charge in [-0.25, -0.2) is 0 Å². The summed E-state index contributed by atoms with van der Waals surface area (Å²) in [6, 6.07) is 20.2. The average molecular weight is 447 g/mol. The molecule has 1 atom stereocenters. The van der Waals surface area contributed by atoms with E-state index in [2.05, 4.69) is 20.7 Å². The third kappa shape index (κ3) is 4.35. The number of rotatable bonds is 6. The van der Waals surface area contributed by atoms with Crippen LogP contribution in [0.15, 0.2) is 72.8 Å². The first-order chi connectivity index (χ1) is 15.4. The summed E-state index contributed by atoms with van der Waals surface area (Å²) in [5.74, 6) is -0.748. The van der Waals surface area contributed by atoms with E-state index < -0.39 is 11.9 Å². The Labute approximate surface area is 189 Å². The van der Waals surface area contributed by atoms with Crippen LogP contribution in [0.5, 0.6) is 0 Å². The van der Waals surface area contributed by atoms with E-state index in [0.717, 1.165) is 5.56 Å². The van der Waals surface area contributed by atoms with E-state index in [1.54, 1.807) is 60.7 Å². The number of amides is 2. The predicted molar refractivity (Wildman–Crippen MR) is 121 cm³/mol. The van der Waals surface area contributed by atoms with Crippen LogP contribution in [-0.2, 0) is 4.79 Å². The van der Waals surface area contributed by atoms with Crippen molar-refractivity contribution in [2.24, 2.45) is 5.73 Å².